The van der Waals surface area contributed by atoms with Crippen molar-refractivity contribution in [2.45, 2.75) is 25.8 Å². The van der Waals surface area contributed by atoms with Crippen molar-refractivity contribution in [1.82, 2.24) is 9.88 Å². The number of methoxy groups -OCH3 is 2. The minimum absolute atomic E-state index is 0.0811. The van der Waals surface area contributed by atoms with Crippen LogP contribution in [0.2, 0.25) is 0 Å². The number of aryl methyl sites for hydroxylation is 1. The molecular weight excluding hydrogens is 392 g/mol. The van der Waals surface area contributed by atoms with Gasteiger partial charge in [-0.3, -0.25) is 4.79 Å². The SMILES string of the molecule is COc1ccc(-c2nc(C)c(C(=O)N3CCCC3c3cccs3)s2)cc1OC. The lowest BCUT2D eigenvalue weighted by molar-refractivity contribution is 0.0742. The maximum absolute atomic E-state index is 13.3. The summed E-state index contributed by atoms with van der Waals surface area (Å²) in [5.74, 6) is 1.40. The highest BCUT2D eigenvalue weighted by atomic mass is 32.1. The predicted octanol–water partition coefficient (Wildman–Crippen LogP) is 5.17. The molecule has 0 spiro atoms. The fourth-order valence-electron chi connectivity index (χ4n) is 3.60. The van der Waals surface area contributed by atoms with Gasteiger partial charge in [0.05, 0.1) is 26.0 Å². The fourth-order valence-corrected chi connectivity index (χ4v) is 5.50. The van der Waals surface area contributed by atoms with Gasteiger partial charge in [0.2, 0.25) is 0 Å². The molecule has 1 unspecified atom stereocenters. The number of hydrogen-bond donors (Lipinski definition) is 0. The Bertz CT molecular complexity index is 982. The van der Waals surface area contributed by atoms with E-state index in [9.17, 15) is 4.79 Å². The van der Waals surface area contributed by atoms with E-state index in [1.165, 1.54) is 16.2 Å². The standard InChI is InChI=1S/C21H22N2O3S2/c1-13-19(21(24)23-10-4-6-15(23)18-7-5-11-27-18)28-20(22-13)14-8-9-16(25-2)17(12-14)26-3/h5,7-9,11-12,15H,4,6,10H2,1-3H3. The first-order chi connectivity index (χ1) is 13.6. The lowest BCUT2D eigenvalue weighted by atomic mass is 10.2. The summed E-state index contributed by atoms with van der Waals surface area (Å²) in [4.78, 5) is 21.9. The molecule has 1 amide bonds. The zero-order valence-corrected chi connectivity index (χ0v) is 17.7. The van der Waals surface area contributed by atoms with Crippen LogP contribution in [0.25, 0.3) is 10.6 Å². The van der Waals surface area contributed by atoms with Crippen molar-refractivity contribution in [3.63, 3.8) is 0 Å². The molecule has 146 valence electrons. The summed E-state index contributed by atoms with van der Waals surface area (Å²) in [7, 11) is 3.23. The monoisotopic (exact) mass is 414 g/mol. The number of thiophene rings is 1. The lowest BCUT2D eigenvalue weighted by Crippen LogP contribution is -2.30. The molecule has 1 saturated heterocycles. The third kappa shape index (κ3) is 3.40. The van der Waals surface area contributed by atoms with E-state index in [0.29, 0.717) is 16.4 Å². The smallest absolute Gasteiger partial charge is 0.266 e. The number of thiazole rings is 1. The van der Waals surface area contributed by atoms with Crippen LogP contribution in [0.15, 0.2) is 35.7 Å². The van der Waals surface area contributed by atoms with Gasteiger partial charge >= 0.3 is 0 Å². The van der Waals surface area contributed by atoms with E-state index < -0.39 is 0 Å². The molecule has 0 aliphatic carbocycles. The molecule has 3 heterocycles. The minimum Gasteiger partial charge on any atom is -0.493 e. The third-order valence-electron chi connectivity index (χ3n) is 5.01. The Morgan fingerprint density at radius 2 is 2.04 bits per heavy atom. The number of carbonyl (C=O) groups excluding carboxylic acids is 1. The summed E-state index contributed by atoms with van der Waals surface area (Å²) in [6, 6.07) is 10.1. The Morgan fingerprint density at radius 1 is 1.21 bits per heavy atom. The lowest BCUT2D eigenvalue weighted by Gasteiger charge is -2.23. The molecule has 28 heavy (non-hydrogen) atoms. The van der Waals surface area contributed by atoms with E-state index in [4.69, 9.17) is 9.47 Å². The highest BCUT2D eigenvalue weighted by molar-refractivity contribution is 7.17. The molecule has 3 aromatic rings. The number of aromatic nitrogens is 1. The highest BCUT2D eigenvalue weighted by Crippen LogP contribution is 2.39. The molecule has 1 fully saturated rings. The molecule has 1 aromatic carbocycles. The number of benzene rings is 1. The Hall–Kier alpha value is -2.38. The molecule has 1 aliphatic heterocycles. The predicted molar refractivity (Wildman–Crippen MR) is 113 cm³/mol. The van der Waals surface area contributed by atoms with Crippen molar-refractivity contribution in [3.8, 4) is 22.1 Å². The Kier molecular flexibility index (Phi) is 5.37. The molecule has 4 rings (SSSR count). The molecule has 0 saturated carbocycles. The van der Waals surface area contributed by atoms with Crippen molar-refractivity contribution in [2.24, 2.45) is 0 Å². The largest absolute Gasteiger partial charge is 0.493 e. The van der Waals surface area contributed by atoms with Crippen molar-refractivity contribution < 1.29 is 14.3 Å². The zero-order valence-electron chi connectivity index (χ0n) is 16.1. The van der Waals surface area contributed by atoms with Crippen molar-refractivity contribution in [3.05, 3.63) is 51.2 Å². The van der Waals surface area contributed by atoms with Gasteiger partial charge in [-0.05, 0) is 49.4 Å². The molecule has 1 atom stereocenters. The second kappa shape index (κ2) is 7.93. The van der Waals surface area contributed by atoms with Gasteiger partial charge in [-0.25, -0.2) is 4.98 Å². The van der Waals surface area contributed by atoms with Crippen LogP contribution >= 0.6 is 22.7 Å². The van der Waals surface area contributed by atoms with Crippen LogP contribution < -0.4 is 9.47 Å². The highest BCUT2D eigenvalue weighted by Gasteiger charge is 2.33. The second-order valence-electron chi connectivity index (χ2n) is 6.68. The van der Waals surface area contributed by atoms with Gasteiger partial charge in [0.25, 0.3) is 5.91 Å². The normalized spacial score (nSPS) is 16.4. The topological polar surface area (TPSA) is 51.7 Å². The van der Waals surface area contributed by atoms with Gasteiger partial charge in [-0.15, -0.1) is 22.7 Å². The zero-order chi connectivity index (χ0) is 19.7. The number of hydrogen-bond acceptors (Lipinski definition) is 6. The maximum atomic E-state index is 13.3. The second-order valence-corrected chi connectivity index (χ2v) is 8.65. The van der Waals surface area contributed by atoms with Crippen LogP contribution in [0.3, 0.4) is 0 Å². The summed E-state index contributed by atoms with van der Waals surface area (Å²) in [5.41, 5.74) is 1.69. The number of carbonyl (C=O) groups is 1. The molecule has 2 aromatic heterocycles. The van der Waals surface area contributed by atoms with Gasteiger partial charge in [-0.2, -0.15) is 0 Å². The first-order valence-electron chi connectivity index (χ1n) is 9.16. The number of likely N-dealkylation sites (tertiary alicyclic amines) is 1. The van der Waals surface area contributed by atoms with Gasteiger partial charge in [0.1, 0.15) is 9.88 Å². The molecular formula is C21H22N2O3S2. The van der Waals surface area contributed by atoms with E-state index in [2.05, 4.69) is 16.4 Å². The van der Waals surface area contributed by atoms with Crippen LogP contribution in [-0.2, 0) is 0 Å². The van der Waals surface area contributed by atoms with Gasteiger partial charge in [0, 0.05) is 17.0 Å². The fraction of sp³-hybridized carbons (Fsp3) is 0.333. The van der Waals surface area contributed by atoms with Crippen LogP contribution in [-0.4, -0.2) is 36.6 Å². The quantitative estimate of drug-likeness (QED) is 0.578. The number of ether oxygens (including phenoxy) is 2. The first-order valence-corrected chi connectivity index (χ1v) is 10.9. The van der Waals surface area contributed by atoms with E-state index in [1.807, 2.05) is 36.1 Å². The first kappa shape index (κ1) is 19.0. The van der Waals surface area contributed by atoms with Gasteiger partial charge in [-0.1, -0.05) is 6.07 Å². The Labute approximate surface area is 172 Å². The number of amides is 1. The minimum atomic E-state index is 0.0811. The summed E-state index contributed by atoms with van der Waals surface area (Å²) in [6.07, 6.45) is 2.06. The Morgan fingerprint density at radius 3 is 2.75 bits per heavy atom. The van der Waals surface area contributed by atoms with Gasteiger partial charge in [0.15, 0.2) is 11.5 Å². The summed E-state index contributed by atoms with van der Waals surface area (Å²) in [6.45, 7) is 2.70. The number of nitrogens with zero attached hydrogens (tertiary/aromatic N) is 2. The summed E-state index contributed by atoms with van der Waals surface area (Å²) >= 11 is 3.16. The summed E-state index contributed by atoms with van der Waals surface area (Å²) < 4.78 is 10.7. The van der Waals surface area contributed by atoms with Crippen molar-refractivity contribution in [1.29, 1.82) is 0 Å². The van der Waals surface area contributed by atoms with Crippen LogP contribution in [0.1, 0.15) is 39.1 Å². The number of rotatable bonds is 5. The van der Waals surface area contributed by atoms with Crippen molar-refractivity contribution >= 4 is 28.6 Å². The van der Waals surface area contributed by atoms with Crippen molar-refractivity contribution in [2.75, 3.05) is 20.8 Å². The molecule has 5 nitrogen and oxygen atoms in total. The summed E-state index contributed by atoms with van der Waals surface area (Å²) in [5, 5.41) is 2.89. The van der Waals surface area contributed by atoms with E-state index in [-0.39, 0.29) is 11.9 Å². The average molecular weight is 415 g/mol. The molecule has 0 N–H and O–H groups in total. The van der Waals surface area contributed by atoms with Crippen LogP contribution in [0.4, 0.5) is 0 Å². The molecule has 0 radical (unpaired) electrons. The maximum Gasteiger partial charge on any atom is 0.266 e. The third-order valence-corrected chi connectivity index (χ3v) is 7.17. The van der Waals surface area contributed by atoms with E-state index in [1.54, 1.807) is 25.6 Å². The van der Waals surface area contributed by atoms with Crippen LogP contribution in [0, 0.1) is 6.92 Å². The van der Waals surface area contributed by atoms with Gasteiger partial charge < -0.3 is 14.4 Å². The molecule has 0 bridgehead atoms. The van der Waals surface area contributed by atoms with E-state index in [0.717, 1.165) is 35.7 Å². The molecule has 1 aliphatic rings. The van der Waals surface area contributed by atoms with E-state index >= 15 is 0 Å². The average Bonchev–Trinajstić information content (AvgIpc) is 3.46. The molecule has 7 heteroatoms. The van der Waals surface area contributed by atoms with Crippen LogP contribution in [0.5, 0.6) is 11.5 Å². The Balaban J connectivity index is 1.63.